The van der Waals surface area contributed by atoms with Crippen LogP contribution in [0.5, 0.6) is 0 Å². The molecule has 2 rings (SSSR count). The van der Waals surface area contributed by atoms with Gasteiger partial charge in [0, 0.05) is 12.3 Å². The van der Waals surface area contributed by atoms with E-state index in [2.05, 4.69) is 6.92 Å². The lowest BCUT2D eigenvalue weighted by atomic mass is 9.72. The Labute approximate surface area is 118 Å². The summed E-state index contributed by atoms with van der Waals surface area (Å²) >= 11 is 0. The van der Waals surface area contributed by atoms with Crippen molar-refractivity contribution in [2.75, 3.05) is 6.26 Å². The molecule has 19 heavy (non-hydrogen) atoms. The quantitative estimate of drug-likeness (QED) is 0.868. The highest BCUT2D eigenvalue weighted by Crippen LogP contribution is 2.37. The third kappa shape index (κ3) is 3.94. The summed E-state index contributed by atoms with van der Waals surface area (Å²) in [7, 11) is -2.89. The lowest BCUT2D eigenvalue weighted by Crippen LogP contribution is -2.43. The van der Waals surface area contributed by atoms with Crippen molar-refractivity contribution >= 4 is 9.84 Å². The fourth-order valence-electron chi connectivity index (χ4n) is 3.98. The van der Waals surface area contributed by atoms with E-state index in [9.17, 15) is 8.42 Å². The molecule has 0 aliphatic heterocycles. The van der Waals surface area contributed by atoms with E-state index < -0.39 is 9.84 Å². The molecule has 0 aromatic carbocycles. The average molecular weight is 287 g/mol. The third-order valence-electron chi connectivity index (χ3n) is 5.42. The summed E-state index contributed by atoms with van der Waals surface area (Å²) in [6, 6.07) is 0.219. The summed E-state index contributed by atoms with van der Waals surface area (Å²) in [5, 5.41) is -0.139. The van der Waals surface area contributed by atoms with Gasteiger partial charge in [-0.15, -0.1) is 0 Å². The van der Waals surface area contributed by atoms with E-state index in [1.807, 2.05) is 0 Å². The van der Waals surface area contributed by atoms with Crippen molar-refractivity contribution in [3.05, 3.63) is 0 Å². The largest absolute Gasteiger partial charge is 0.327 e. The number of rotatable bonds is 3. The zero-order valence-electron chi connectivity index (χ0n) is 12.3. The Kier molecular flexibility index (Phi) is 4.93. The van der Waals surface area contributed by atoms with Gasteiger partial charge in [-0.25, -0.2) is 8.42 Å². The van der Waals surface area contributed by atoms with Crippen LogP contribution in [0.1, 0.15) is 58.3 Å². The molecule has 3 unspecified atom stereocenters. The molecule has 0 aromatic heterocycles. The summed E-state index contributed by atoms with van der Waals surface area (Å²) in [6.07, 6.45) is 10.2. The highest BCUT2D eigenvalue weighted by molar-refractivity contribution is 7.91. The Morgan fingerprint density at radius 3 is 2.21 bits per heavy atom. The van der Waals surface area contributed by atoms with Gasteiger partial charge < -0.3 is 5.73 Å². The molecule has 0 bridgehead atoms. The normalized spacial score (nSPS) is 38.9. The summed E-state index contributed by atoms with van der Waals surface area (Å²) in [4.78, 5) is 0. The number of nitrogens with two attached hydrogens (primary N) is 1. The van der Waals surface area contributed by atoms with E-state index in [-0.39, 0.29) is 11.3 Å². The van der Waals surface area contributed by atoms with Crippen molar-refractivity contribution in [1.29, 1.82) is 0 Å². The molecule has 2 saturated carbocycles. The maximum atomic E-state index is 11.7. The smallest absolute Gasteiger partial charge is 0.150 e. The molecule has 0 saturated heterocycles. The lowest BCUT2D eigenvalue weighted by molar-refractivity contribution is 0.185. The third-order valence-corrected chi connectivity index (χ3v) is 7.06. The van der Waals surface area contributed by atoms with Crippen molar-refractivity contribution in [3.63, 3.8) is 0 Å². The molecule has 0 spiro atoms. The first-order chi connectivity index (χ1) is 8.88. The molecular weight excluding hydrogens is 258 g/mol. The van der Waals surface area contributed by atoms with E-state index in [1.165, 1.54) is 31.9 Å². The van der Waals surface area contributed by atoms with Crippen LogP contribution < -0.4 is 5.73 Å². The fourth-order valence-corrected chi connectivity index (χ4v) is 5.17. The standard InChI is InChI=1S/C15H29NO2S/c1-11-6-8-12(9-7-11)15(16)13-4-3-5-14(10-13)19(2,17)18/h11-15H,3-10,16H2,1-2H3. The molecule has 112 valence electrons. The summed E-state index contributed by atoms with van der Waals surface area (Å²) in [6.45, 7) is 2.32. The van der Waals surface area contributed by atoms with Gasteiger partial charge >= 0.3 is 0 Å². The van der Waals surface area contributed by atoms with Crippen LogP contribution in [0, 0.1) is 17.8 Å². The minimum absolute atomic E-state index is 0.139. The van der Waals surface area contributed by atoms with Gasteiger partial charge in [0.1, 0.15) is 9.84 Å². The zero-order valence-corrected chi connectivity index (χ0v) is 13.2. The van der Waals surface area contributed by atoms with Crippen LogP contribution in [0.4, 0.5) is 0 Å². The SMILES string of the molecule is CC1CCC(C(N)C2CCCC(S(C)(=O)=O)C2)CC1. The first-order valence-corrected chi connectivity index (χ1v) is 9.78. The predicted octanol–water partition coefficient (Wildman–Crippen LogP) is 2.74. The molecule has 0 radical (unpaired) electrons. The predicted molar refractivity (Wildman–Crippen MR) is 79.7 cm³/mol. The summed E-state index contributed by atoms with van der Waals surface area (Å²) in [5.74, 6) is 1.89. The van der Waals surface area contributed by atoms with Gasteiger partial charge in [0.15, 0.2) is 0 Å². The maximum Gasteiger partial charge on any atom is 0.150 e. The van der Waals surface area contributed by atoms with Gasteiger partial charge in [-0.05, 0) is 49.9 Å². The van der Waals surface area contributed by atoms with E-state index in [0.717, 1.165) is 31.6 Å². The van der Waals surface area contributed by atoms with Crippen molar-refractivity contribution < 1.29 is 8.42 Å². The molecule has 4 heteroatoms. The first-order valence-electron chi connectivity index (χ1n) is 7.82. The maximum absolute atomic E-state index is 11.7. The van der Waals surface area contributed by atoms with E-state index in [0.29, 0.717) is 11.8 Å². The minimum Gasteiger partial charge on any atom is -0.327 e. The van der Waals surface area contributed by atoms with Crippen molar-refractivity contribution in [2.24, 2.45) is 23.5 Å². The fraction of sp³-hybridized carbons (Fsp3) is 1.00. The molecule has 0 aromatic rings. The van der Waals surface area contributed by atoms with Gasteiger partial charge in [-0.2, -0.15) is 0 Å². The highest BCUT2D eigenvalue weighted by Gasteiger charge is 2.35. The van der Waals surface area contributed by atoms with E-state index >= 15 is 0 Å². The second-order valence-electron chi connectivity index (χ2n) is 6.98. The molecule has 2 aliphatic carbocycles. The Morgan fingerprint density at radius 2 is 1.63 bits per heavy atom. The van der Waals surface area contributed by atoms with Crippen LogP contribution in [-0.2, 0) is 9.84 Å². The molecule has 0 heterocycles. The van der Waals surface area contributed by atoms with Gasteiger partial charge in [0.2, 0.25) is 0 Å². The minimum atomic E-state index is -2.89. The average Bonchev–Trinajstić information content (AvgIpc) is 2.38. The van der Waals surface area contributed by atoms with Crippen LogP contribution in [0.3, 0.4) is 0 Å². The van der Waals surface area contributed by atoms with Gasteiger partial charge in [-0.1, -0.05) is 26.2 Å². The zero-order chi connectivity index (χ0) is 14.0. The van der Waals surface area contributed by atoms with Crippen molar-refractivity contribution in [2.45, 2.75) is 69.6 Å². The Morgan fingerprint density at radius 1 is 1.00 bits per heavy atom. The molecule has 3 nitrogen and oxygen atoms in total. The monoisotopic (exact) mass is 287 g/mol. The topological polar surface area (TPSA) is 60.2 Å². The summed E-state index contributed by atoms with van der Waals surface area (Å²) < 4.78 is 23.5. The Hall–Kier alpha value is -0.0900. The molecule has 3 atom stereocenters. The van der Waals surface area contributed by atoms with Crippen LogP contribution >= 0.6 is 0 Å². The van der Waals surface area contributed by atoms with E-state index in [4.69, 9.17) is 5.73 Å². The van der Waals surface area contributed by atoms with Crippen LogP contribution in [0.25, 0.3) is 0 Å². The Bertz CT molecular complexity index is 385. The van der Waals surface area contributed by atoms with Gasteiger partial charge in [-0.3, -0.25) is 0 Å². The van der Waals surface area contributed by atoms with E-state index in [1.54, 1.807) is 0 Å². The second kappa shape index (κ2) is 6.13. The van der Waals surface area contributed by atoms with Gasteiger partial charge in [0.25, 0.3) is 0 Å². The second-order valence-corrected chi connectivity index (χ2v) is 9.30. The molecule has 2 fully saturated rings. The van der Waals surface area contributed by atoms with Crippen LogP contribution in [0.2, 0.25) is 0 Å². The molecular formula is C15H29NO2S. The number of hydrogen-bond acceptors (Lipinski definition) is 3. The van der Waals surface area contributed by atoms with Crippen molar-refractivity contribution in [1.82, 2.24) is 0 Å². The molecule has 2 N–H and O–H groups in total. The lowest BCUT2D eigenvalue weighted by Gasteiger charge is -2.38. The first kappa shape index (κ1) is 15.3. The Balaban J connectivity index is 1.93. The van der Waals surface area contributed by atoms with Crippen LogP contribution in [0.15, 0.2) is 0 Å². The number of hydrogen-bond donors (Lipinski definition) is 1. The highest BCUT2D eigenvalue weighted by atomic mass is 32.2. The molecule has 0 amide bonds. The van der Waals surface area contributed by atoms with Crippen LogP contribution in [-0.4, -0.2) is 26.0 Å². The summed E-state index contributed by atoms with van der Waals surface area (Å²) in [5.41, 5.74) is 6.48. The molecule has 2 aliphatic rings. The van der Waals surface area contributed by atoms with Crippen molar-refractivity contribution in [3.8, 4) is 0 Å². The van der Waals surface area contributed by atoms with Gasteiger partial charge in [0.05, 0.1) is 5.25 Å². The number of sulfone groups is 1.